The smallest absolute Gasteiger partial charge is 0.295 e. The number of aliphatic hydroxyl groups excluding tert-OH is 1. The molecule has 0 aliphatic carbocycles. The van der Waals surface area contributed by atoms with E-state index in [4.69, 9.17) is 4.74 Å². The zero-order chi connectivity index (χ0) is 22.8. The molecule has 2 atom stereocenters. The second-order valence-corrected chi connectivity index (χ2v) is 8.26. The summed E-state index contributed by atoms with van der Waals surface area (Å²) in [6.07, 6.45) is 4.08. The number of Topliss-reactive ketones (excluding diaryl/α,β-unsaturated/α-hetero) is 1. The summed E-state index contributed by atoms with van der Waals surface area (Å²) < 4.78 is 5.75. The lowest BCUT2D eigenvalue weighted by Gasteiger charge is -2.28. The van der Waals surface area contributed by atoms with Gasteiger partial charge in [-0.3, -0.25) is 14.6 Å². The Kier molecular flexibility index (Phi) is 6.28. The van der Waals surface area contributed by atoms with Gasteiger partial charge >= 0.3 is 0 Å². The third-order valence-corrected chi connectivity index (χ3v) is 6.28. The highest BCUT2D eigenvalue weighted by molar-refractivity contribution is 6.46. The molecule has 4 rings (SSSR count). The number of fused-ring (bicyclic) bond motifs is 1. The minimum Gasteiger partial charge on any atom is -0.507 e. The highest BCUT2D eigenvalue weighted by atomic mass is 16.5. The summed E-state index contributed by atoms with van der Waals surface area (Å²) in [5, 5.41) is 11.2. The molecule has 1 saturated heterocycles. The Bertz CT molecular complexity index is 1050. The predicted molar refractivity (Wildman–Crippen MR) is 121 cm³/mol. The minimum absolute atomic E-state index is 0.0740. The molecule has 0 radical (unpaired) electrons. The van der Waals surface area contributed by atoms with Crippen molar-refractivity contribution in [2.24, 2.45) is 0 Å². The third kappa shape index (κ3) is 4.00. The van der Waals surface area contributed by atoms with E-state index in [1.54, 1.807) is 35.5 Å². The lowest BCUT2D eigenvalue weighted by molar-refractivity contribution is -0.140. The van der Waals surface area contributed by atoms with Gasteiger partial charge in [0.1, 0.15) is 17.6 Å². The van der Waals surface area contributed by atoms with Crippen molar-refractivity contribution in [2.45, 2.75) is 39.3 Å². The number of hydrogen-bond acceptors (Lipinski definition) is 6. The first-order valence-corrected chi connectivity index (χ1v) is 11.1. The van der Waals surface area contributed by atoms with Crippen LogP contribution in [0.3, 0.4) is 0 Å². The molecule has 0 spiro atoms. The minimum atomic E-state index is -0.658. The van der Waals surface area contributed by atoms with E-state index in [2.05, 4.69) is 23.7 Å². The van der Waals surface area contributed by atoms with E-state index in [1.165, 1.54) is 0 Å². The Morgan fingerprint density at radius 3 is 2.59 bits per heavy atom. The molecular weight excluding hydrogens is 406 g/mol. The Morgan fingerprint density at radius 1 is 1.19 bits per heavy atom. The van der Waals surface area contributed by atoms with Gasteiger partial charge in [-0.05, 0) is 61.5 Å². The Morgan fingerprint density at radius 2 is 1.91 bits per heavy atom. The predicted octanol–water partition coefficient (Wildman–Crippen LogP) is 3.17. The van der Waals surface area contributed by atoms with Gasteiger partial charge in [-0.1, -0.05) is 13.8 Å². The number of carbonyl (C=O) groups excluding carboxylic acids is 2. The van der Waals surface area contributed by atoms with Gasteiger partial charge < -0.3 is 19.6 Å². The second kappa shape index (κ2) is 9.12. The number of carbonyl (C=O) groups is 2. The summed E-state index contributed by atoms with van der Waals surface area (Å²) in [4.78, 5) is 34.0. The molecule has 32 heavy (non-hydrogen) atoms. The van der Waals surface area contributed by atoms with Crippen molar-refractivity contribution in [3.63, 3.8) is 0 Å². The van der Waals surface area contributed by atoms with Gasteiger partial charge in [0, 0.05) is 37.5 Å². The fourth-order valence-electron chi connectivity index (χ4n) is 4.52. The van der Waals surface area contributed by atoms with Crippen LogP contribution in [0.4, 0.5) is 0 Å². The quantitative estimate of drug-likeness (QED) is 0.409. The normalized spacial score (nSPS) is 21.8. The van der Waals surface area contributed by atoms with Crippen LogP contribution in [0.5, 0.6) is 5.75 Å². The van der Waals surface area contributed by atoms with Crippen LogP contribution >= 0.6 is 0 Å². The number of rotatable bonds is 7. The topological polar surface area (TPSA) is 83.0 Å². The number of aliphatic hydroxyl groups is 1. The van der Waals surface area contributed by atoms with Gasteiger partial charge in [0.15, 0.2) is 0 Å². The molecular formula is C25H29N3O4. The van der Waals surface area contributed by atoms with E-state index < -0.39 is 17.7 Å². The van der Waals surface area contributed by atoms with Crippen molar-refractivity contribution < 1.29 is 19.4 Å². The number of pyridine rings is 1. The number of likely N-dealkylation sites (N-methyl/N-ethyl adjacent to an activating group) is 1. The van der Waals surface area contributed by atoms with Gasteiger partial charge in [0.2, 0.25) is 0 Å². The van der Waals surface area contributed by atoms with Crippen LogP contribution in [0, 0.1) is 0 Å². The first-order chi connectivity index (χ1) is 15.4. The summed E-state index contributed by atoms with van der Waals surface area (Å²) >= 11 is 0. The summed E-state index contributed by atoms with van der Waals surface area (Å²) in [5.41, 5.74) is 2.37. The highest BCUT2D eigenvalue weighted by Crippen LogP contribution is 2.40. The molecule has 1 aromatic heterocycles. The summed E-state index contributed by atoms with van der Waals surface area (Å²) in [6.45, 7) is 8.88. The maximum atomic E-state index is 13.1. The van der Waals surface area contributed by atoms with E-state index in [0.717, 1.165) is 36.4 Å². The van der Waals surface area contributed by atoms with Crippen molar-refractivity contribution in [2.75, 3.05) is 26.2 Å². The number of hydrogen-bond donors (Lipinski definition) is 1. The average molecular weight is 436 g/mol. The summed E-state index contributed by atoms with van der Waals surface area (Å²) in [6, 6.07) is 8.31. The average Bonchev–Trinajstić information content (AvgIpc) is 3.30. The first-order valence-electron chi connectivity index (χ1n) is 11.1. The van der Waals surface area contributed by atoms with Crippen LogP contribution in [-0.4, -0.2) is 63.9 Å². The maximum absolute atomic E-state index is 13.1. The fraction of sp³-hybridized carbons (Fsp3) is 0.400. The van der Waals surface area contributed by atoms with E-state index in [-0.39, 0.29) is 17.4 Å². The van der Waals surface area contributed by atoms with Crippen LogP contribution in [-0.2, 0) is 16.0 Å². The lowest BCUT2D eigenvalue weighted by atomic mass is 9.95. The lowest BCUT2D eigenvalue weighted by Crippen LogP contribution is -2.38. The van der Waals surface area contributed by atoms with Gasteiger partial charge in [-0.25, -0.2) is 0 Å². The molecule has 7 nitrogen and oxygen atoms in total. The first kappa shape index (κ1) is 22.0. The van der Waals surface area contributed by atoms with E-state index >= 15 is 0 Å². The van der Waals surface area contributed by atoms with Gasteiger partial charge in [0.05, 0.1) is 11.6 Å². The largest absolute Gasteiger partial charge is 0.507 e. The molecule has 0 saturated carbocycles. The number of benzene rings is 1. The number of aromatic nitrogens is 1. The molecule has 1 aromatic carbocycles. The second-order valence-electron chi connectivity index (χ2n) is 8.26. The van der Waals surface area contributed by atoms with Crippen molar-refractivity contribution in [3.05, 3.63) is 65.0 Å². The van der Waals surface area contributed by atoms with Gasteiger partial charge in [-0.15, -0.1) is 0 Å². The number of ketones is 1. The van der Waals surface area contributed by atoms with Crippen molar-refractivity contribution in [3.8, 4) is 5.75 Å². The Hall–Kier alpha value is -3.19. The van der Waals surface area contributed by atoms with Crippen molar-refractivity contribution in [1.82, 2.24) is 14.8 Å². The van der Waals surface area contributed by atoms with E-state index in [9.17, 15) is 14.7 Å². The number of amides is 1. The molecule has 7 heteroatoms. The van der Waals surface area contributed by atoms with Crippen molar-refractivity contribution in [1.29, 1.82) is 0 Å². The van der Waals surface area contributed by atoms with Gasteiger partial charge in [0.25, 0.3) is 11.7 Å². The van der Waals surface area contributed by atoms with Crippen LogP contribution < -0.4 is 4.74 Å². The van der Waals surface area contributed by atoms with Crippen molar-refractivity contribution >= 4 is 17.4 Å². The molecule has 2 unspecified atom stereocenters. The van der Waals surface area contributed by atoms with Crippen LogP contribution in [0.1, 0.15) is 43.5 Å². The SMILES string of the molecule is CCN(CC)CCN1C(=O)C(=O)/C(=C(/O)c2ccc3c(c2)CC(C)O3)C1c1ccncc1. The van der Waals surface area contributed by atoms with Gasteiger partial charge in [-0.2, -0.15) is 0 Å². The molecule has 1 N–H and O–H groups in total. The maximum Gasteiger partial charge on any atom is 0.295 e. The molecule has 1 amide bonds. The Balaban J connectivity index is 1.76. The third-order valence-electron chi connectivity index (χ3n) is 6.28. The summed E-state index contributed by atoms with van der Waals surface area (Å²) in [5.74, 6) is -0.607. The molecule has 2 aromatic rings. The number of ether oxygens (including phenoxy) is 1. The van der Waals surface area contributed by atoms with E-state index in [0.29, 0.717) is 18.7 Å². The fourth-order valence-corrected chi connectivity index (χ4v) is 4.52. The van der Waals surface area contributed by atoms with E-state index in [1.807, 2.05) is 19.1 Å². The molecule has 0 bridgehead atoms. The molecule has 3 heterocycles. The van der Waals surface area contributed by atoms with Crippen LogP contribution in [0.2, 0.25) is 0 Å². The molecule has 2 aliphatic heterocycles. The monoisotopic (exact) mass is 435 g/mol. The zero-order valence-electron chi connectivity index (χ0n) is 18.7. The number of likely N-dealkylation sites (tertiary alicyclic amines) is 1. The molecule has 1 fully saturated rings. The Labute approximate surface area is 188 Å². The standard InChI is InChI=1S/C25H29N3O4/c1-4-27(5-2)12-13-28-22(17-8-10-26-11-9-17)21(24(30)25(28)31)23(29)18-6-7-20-19(15-18)14-16(3)32-20/h6-11,15-16,22,29H,4-5,12-14H2,1-3H3/b23-21+. The number of nitrogens with zero attached hydrogens (tertiary/aromatic N) is 3. The highest BCUT2D eigenvalue weighted by Gasteiger charge is 2.46. The zero-order valence-corrected chi connectivity index (χ0v) is 18.7. The molecule has 2 aliphatic rings. The summed E-state index contributed by atoms with van der Waals surface area (Å²) in [7, 11) is 0. The van der Waals surface area contributed by atoms with Crippen LogP contribution in [0.25, 0.3) is 5.76 Å². The van der Waals surface area contributed by atoms with Crippen LogP contribution in [0.15, 0.2) is 48.3 Å². The molecule has 168 valence electrons.